The molecule has 28 heavy (non-hydrogen) atoms. The van der Waals surface area contributed by atoms with Crippen molar-refractivity contribution in [3.63, 3.8) is 0 Å². The molecular weight excluding hydrogens is 376 g/mol. The van der Waals surface area contributed by atoms with Crippen LogP contribution in [0, 0.1) is 19.3 Å². The maximum atomic E-state index is 13.1. The smallest absolute Gasteiger partial charge is 0.314 e. The number of rotatable bonds is 6. The molecule has 2 aliphatic rings. The van der Waals surface area contributed by atoms with Crippen LogP contribution < -0.4 is 0 Å². The third-order valence-electron chi connectivity index (χ3n) is 6.24. The van der Waals surface area contributed by atoms with E-state index in [1.165, 1.54) is 18.4 Å². The summed E-state index contributed by atoms with van der Waals surface area (Å²) in [7, 11) is 1.44. The summed E-state index contributed by atoms with van der Waals surface area (Å²) in [5.41, 5.74) is 4.02. The highest BCUT2D eigenvalue weighted by Gasteiger charge is 2.61. The van der Waals surface area contributed by atoms with Crippen LogP contribution in [0.4, 0.5) is 0 Å². The van der Waals surface area contributed by atoms with Crippen LogP contribution in [0.15, 0.2) is 17.0 Å². The minimum Gasteiger partial charge on any atom is -0.469 e. The molecule has 1 amide bonds. The minimum atomic E-state index is -0.681. The van der Waals surface area contributed by atoms with Crippen LogP contribution in [0.5, 0.6) is 0 Å². The van der Waals surface area contributed by atoms with Crippen LogP contribution in [-0.4, -0.2) is 50.7 Å². The predicted octanol–water partition coefficient (Wildman–Crippen LogP) is 2.51. The van der Waals surface area contributed by atoms with Gasteiger partial charge in [0, 0.05) is 42.5 Å². The number of fused-ring (bicyclic) bond motifs is 2. The van der Waals surface area contributed by atoms with Crippen LogP contribution >= 0.6 is 11.3 Å². The van der Waals surface area contributed by atoms with Gasteiger partial charge in [-0.15, -0.1) is 11.3 Å². The summed E-state index contributed by atoms with van der Waals surface area (Å²) in [6.45, 7) is 4.52. The minimum absolute atomic E-state index is 0.101. The summed E-state index contributed by atoms with van der Waals surface area (Å²) in [5.74, 6) is -0.117. The standard InChI is InChI=1S/C20H26N4O3S/c1-13-8-14(2)23(22-13)7-6-18(25)24-16-4-5-17(24)20(10-16,19(26)27-3)9-15-11-28-12-21-15/h8,11-12,16-17H,4-7,9-10H2,1-3H3/t16-,17+,20+/m1/s1. The van der Waals surface area contributed by atoms with E-state index in [0.29, 0.717) is 25.8 Å². The Labute approximate surface area is 168 Å². The first-order valence-electron chi connectivity index (χ1n) is 9.72. The van der Waals surface area contributed by atoms with Gasteiger partial charge in [-0.2, -0.15) is 5.10 Å². The maximum Gasteiger partial charge on any atom is 0.314 e. The second-order valence-corrected chi connectivity index (χ2v) is 8.68. The zero-order valence-electron chi connectivity index (χ0n) is 16.6. The number of amides is 1. The first-order chi connectivity index (χ1) is 13.4. The predicted molar refractivity (Wildman–Crippen MR) is 105 cm³/mol. The van der Waals surface area contributed by atoms with Gasteiger partial charge in [0.25, 0.3) is 0 Å². The SMILES string of the molecule is COC(=O)[C@@]1(Cc2cscn2)C[C@H]2CC[C@@H]1N2C(=O)CCn1nc(C)cc1C. The summed E-state index contributed by atoms with van der Waals surface area (Å²) in [5, 5.41) is 6.43. The molecule has 3 atom stereocenters. The Morgan fingerprint density at radius 2 is 2.18 bits per heavy atom. The van der Waals surface area contributed by atoms with E-state index in [4.69, 9.17) is 4.74 Å². The molecule has 0 unspecified atom stereocenters. The lowest BCUT2D eigenvalue weighted by Crippen LogP contribution is -2.47. The highest BCUT2D eigenvalue weighted by atomic mass is 32.1. The number of aromatic nitrogens is 3. The van der Waals surface area contributed by atoms with Crippen molar-refractivity contribution in [2.75, 3.05) is 7.11 Å². The Balaban J connectivity index is 1.53. The van der Waals surface area contributed by atoms with E-state index in [1.54, 1.807) is 5.51 Å². The van der Waals surface area contributed by atoms with Crippen molar-refractivity contribution in [2.24, 2.45) is 5.41 Å². The maximum absolute atomic E-state index is 13.1. The van der Waals surface area contributed by atoms with Crippen molar-refractivity contribution >= 4 is 23.2 Å². The first-order valence-corrected chi connectivity index (χ1v) is 10.7. The molecule has 0 spiro atoms. The highest BCUT2D eigenvalue weighted by Crippen LogP contribution is 2.52. The molecule has 0 aliphatic carbocycles. The van der Waals surface area contributed by atoms with Gasteiger partial charge in [0.1, 0.15) is 0 Å². The lowest BCUT2D eigenvalue weighted by atomic mass is 9.71. The summed E-state index contributed by atoms with van der Waals surface area (Å²) in [4.78, 5) is 32.3. The van der Waals surface area contributed by atoms with Crippen LogP contribution in [0.25, 0.3) is 0 Å². The number of hydrogen-bond donors (Lipinski definition) is 0. The van der Waals surface area contributed by atoms with Crippen LogP contribution in [0.1, 0.15) is 42.8 Å². The Hall–Kier alpha value is -2.22. The second-order valence-electron chi connectivity index (χ2n) is 7.96. The third-order valence-corrected chi connectivity index (χ3v) is 6.88. The Bertz CT molecular complexity index is 878. The Kier molecular flexibility index (Phi) is 4.99. The number of esters is 1. The lowest BCUT2D eigenvalue weighted by molar-refractivity contribution is -0.155. The molecule has 0 saturated carbocycles. The molecule has 2 aromatic heterocycles. The number of carbonyl (C=O) groups excluding carboxylic acids is 2. The summed E-state index contributed by atoms with van der Waals surface area (Å²) in [6.07, 6.45) is 3.38. The molecule has 2 saturated heterocycles. The van der Waals surface area contributed by atoms with Gasteiger partial charge < -0.3 is 9.64 Å². The van der Waals surface area contributed by atoms with E-state index in [9.17, 15) is 9.59 Å². The summed E-state index contributed by atoms with van der Waals surface area (Å²) < 4.78 is 7.08. The first kappa shape index (κ1) is 19.1. The zero-order chi connectivity index (χ0) is 19.9. The van der Waals surface area contributed by atoms with E-state index in [-0.39, 0.29) is 24.0 Å². The number of carbonyl (C=O) groups is 2. The van der Waals surface area contributed by atoms with Gasteiger partial charge >= 0.3 is 5.97 Å². The van der Waals surface area contributed by atoms with E-state index in [1.807, 2.05) is 34.9 Å². The van der Waals surface area contributed by atoms with Crippen LogP contribution in [-0.2, 0) is 27.3 Å². The molecule has 0 aromatic carbocycles. The van der Waals surface area contributed by atoms with Crippen molar-refractivity contribution in [1.82, 2.24) is 19.7 Å². The van der Waals surface area contributed by atoms with Crippen molar-refractivity contribution < 1.29 is 14.3 Å². The van der Waals surface area contributed by atoms with Gasteiger partial charge in [-0.3, -0.25) is 14.3 Å². The molecule has 2 bridgehead atoms. The van der Waals surface area contributed by atoms with Gasteiger partial charge in [0.2, 0.25) is 5.91 Å². The Morgan fingerprint density at radius 3 is 2.82 bits per heavy atom. The molecule has 4 heterocycles. The van der Waals surface area contributed by atoms with Gasteiger partial charge in [-0.25, -0.2) is 4.98 Å². The van der Waals surface area contributed by atoms with E-state index in [2.05, 4.69) is 10.1 Å². The molecule has 2 aliphatic heterocycles. The molecule has 4 rings (SSSR count). The molecular formula is C20H26N4O3S. The monoisotopic (exact) mass is 402 g/mol. The van der Waals surface area contributed by atoms with Crippen molar-refractivity contribution in [3.8, 4) is 0 Å². The second kappa shape index (κ2) is 7.31. The molecule has 0 N–H and O–H groups in total. The van der Waals surface area contributed by atoms with E-state index in [0.717, 1.165) is 29.9 Å². The fourth-order valence-electron chi connectivity index (χ4n) is 5.12. The fourth-order valence-corrected chi connectivity index (χ4v) is 5.68. The quantitative estimate of drug-likeness (QED) is 0.694. The van der Waals surface area contributed by atoms with Crippen LogP contribution in [0.3, 0.4) is 0 Å². The number of aryl methyl sites for hydroxylation is 3. The number of nitrogens with zero attached hydrogens (tertiary/aromatic N) is 4. The number of ether oxygens (including phenoxy) is 1. The number of hydrogen-bond acceptors (Lipinski definition) is 6. The van der Waals surface area contributed by atoms with E-state index < -0.39 is 5.41 Å². The summed E-state index contributed by atoms with van der Waals surface area (Å²) in [6, 6.07) is 2.01. The molecule has 7 nitrogen and oxygen atoms in total. The molecule has 2 aromatic rings. The average Bonchev–Trinajstić information content (AvgIpc) is 3.44. The van der Waals surface area contributed by atoms with Gasteiger partial charge in [0.05, 0.1) is 29.4 Å². The lowest BCUT2D eigenvalue weighted by Gasteiger charge is -2.34. The molecule has 8 heteroatoms. The highest BCUT2D eigenvalue weighted by molar-refractivity contribution is 7.07. The van der Waals surface area contributed by atoms with E-state index >= 15 is 0 Å². The summed E-state index contributed by atoms with van der Waals surface area (Å²) >= 11 is 1.52. The average molecular weight is 403 g/mol. The normalized spacial score (nSPS) is 26.0. The molecule has 2 fully saturated rings. The number of thiazole rings is 1. The van der Waals surface area contributed by atoms with Crippen molar-refractivity contribution in [2.45, 2.75) is 64.6 Å². The van der Waals surface area contributed by atoms with Gasteiger partial charge in [0.15, 0.2) is 0 Å². The zero-order valence-corrected chi connectivity index (χ0v) is 17.4. The molecule has 0 radical (unpaired) electrons. The fraction of sp³-hybridized carbons (Fsp3) is 0.600. The number of methoxy groups -OCH3 is 1. The van der Waals surface area contributed by atoms with Crippen molar-refractivity contribution in [1.29, 1.82) is 0 Å². The Morgan fingerprint density at radius 1 is 1.36 bits per heavy atom. The topological polar surface area (TPSA) is 77.3 Å². The largest absolute Gasteiger partial charge is 0.469 e. The third kappa shape index (κ3) is 3.13. The van der Waals surface area contributed by atoms with Gasteiger partial charge in [-0.05, 0) is 39.2 Å². The van der Waals surface area contributed by atoms with Crippen LogP contribution in [0.2, 0.25) is 0 Å². The van der Waals surface area contributed by atoms with Crippen molar-refractivity contribution in [3.05, 3.63) is 34.0 Å². The van der Waals surface area contributed by atoms with Gasteiger partial charge in [-0.1, -0.05) is 0 Å². The molecule has 150 valence electrons.